The maximum atomic E-state index is 12.9. The first-order valence-corrected chi connectivity index (χ1v) is 11.3. The number of nitrogens with zero attached hydrogens (tertiary/aromatic N) is 2. The molecule has 1 fully saturated rings. The number of rotatable bonds is 7. The van der Waals surface area contributed by atoms with Crippen molar-refractivity contribution >= 4 is 17.2 Å². The molecular formula is C24H29N3O2S. The first kappa shape index (κ1) is 20.8. The SMILES string of the molecule is Cc1cc(C(=O)NCC2CN(Cc3ccccc3)CCO2)c(C)n1Cc1cccs1. The van der Waals surface area contributed by atoms with Crippen LogP contribution in [0.4, 0.5) is 0 Å². The summed E-state index contributed by atoms with van der Waals surface area (Å²) >= 11 is 1.74. The van der Waals surface area contributed by atoms with Crippen molar-refractivity contribution in [1.29, 1.82) is 0 Å². The summed E-state index contributed by atoms with van der Waals surface area (Å²) in [7, 11) is 0. The molecule has 1 saturated heterocycles. The number of benzene rings is 1. The highest BCUT2D eigenvalue weighted by molar-refractivity contribution is 7.09. The number of nitrogens with one attached hydrogen (secondary N) is 1. The molecule has 0 radical (unpaired) electrons. The molecule has 3 aromatic rings. The Morgan fingerprint density at radius 2 is 2.00 bits per heavy atom. The van der Waals surface area contributed by atoms with Gasteiger partial charge in [0, 0.05) is 42.4 Å². The summed E-state index contributed by atoms with van der Waals surface area (Å²) in [4.78, 5) is 16.5. The minimum Gasteiger partial charge on any atom is -0.374 e. The van der Waals surface area contributed by atoms with Crippen molar-refractivity contribution in [2.24, 2.45) is 0 Å². The van der Waals surface area contributed by atoms with Gasteiger partial charge in [0.2, 0.25) is 0 Å². The van der Waals surface area contributed by atoms with Crippen LogP contribution < -0.4 is 5.32 Å². The van der Waals surface area contributed by atoms with Crippen LogP contribution in [0, 0.1) is 13.8 Å². The van der Waals surface area contributed by atoms with E-state index < -0.39 is 0 Å². The van der Waals surface area contributed by atoms with Crippen LogP contribution in [-0.2, 0) is 17.8 Å². The van der Waals surface area contributed by atoms with Gasteiger partial charge in [-0.1, -0.05) is 36.4 Å². The van der Waals surface area contributed by atoms with Gasteiger partial charge in [0.15, 0.2) is 0 Å². The first-order valence-electron chi connectivity index (χ1n) is 10.5. The van der Waals surface area contributed by atoms with E-state index in [9.17, 15) is 4.79 Å². The highest BCUT2D eigenvalue weighted by Gasteiger charge is 2.22. The molecule has 1 N–H and O–H groups in total. The van der Waals surface area contributed by atoms with E-state index in [0.717, 1.165) is 43.1 Å². The number of carbonyl (C=O) groups is 1. The minimum absolute atomic E-state index is 0.0148. The molecule has 1 aliphatic heterocycles. The Bertz CT molecular complexity index is 966. The van der Waals surface area contributed by atoms with E-state index >= 15 is 0 Å². The van der Waals surface area contributed by atoms with Crippen LogP contribution in [0.3, 0.4) is 0 Å². The van der Waals surface area contributed by atoms with Crippen molar-refractivity contribution < 1.29 is 9.53 Å². The molecule has 0 aliphatic carbocycles. The normalized spacial score (nSPS) is 17.2. The molecule has 6 heteroatoms. The molecule has 2 aromatic heterocycles. The van der Waals surface area contributed by atoms with Gasteiger partial charge in [-0.3, -0.25) is 9.69 Å². The van der Waals surface area contributed by atoms with Crippen LogP contribution in [0.15, 0.2) is 53.9 Å². The van der Waals surface area contributed by atoms with E-state index in [-0.39, 0.29) is 12.0 Å². The fraction of sp³-hybridized carbons (Fsp3) is 0.375. The molecule has 1 atom stereocenters. The zero-order valence-corrected chi connectivity index (χ0v) is 18.5. The lowest BCUT2D eigenvalue weighted by Crippen LogP contribution is -2.47. The van der Waals surface area contributed by atoms with E-state index in [1.165, 1.54) is 10.4 Å². The van der Waals surface area contributed by atoms with Crippen LogP contribution in [0.2, 0.25) is 0 Å². The van der Waals surface area contributed by atoms with Gasteiger partial charge >= 0.3 is 0 Å². The molecule has 0 saturated carbocycles. The predicted molar refractivity (Wildman–Crippen MR) is 121 cm³/mol. The average Bonchev–Trinajstić information content (AvgIpc) is 3.37. The van der Waals surface area contributed by atoms with E-state index in [1.807, 2.05) is 19.1 Å². The standard InChI is InChI=1S/C24H29N3O2S/c1-18-13-23(19(2)27(18)17-22-9-6-12-30-22)24(28)25-14-21-16-26(10-11-29-21)15-20-7-4-3-5-8-20/h3-9,12-13,21H,10-11,14-17H2,1-2H3,(H,25,28). The minimum atomic E-state index is -0.0238. The number of carbonyl (C=O) groups excluding carboxylic acids is 1. The zero-order chi connectivity index (χ0) is 20.9. The van der Waals surface area contributed by atoms with Gasteiger partial charge < -0.3 is 14.6 Å². The van der Waals surface area contributed by atoms with E-state index in [0.29, 0.717) is 13.2 Å². The van der Waals surface area contributed by atoms with Gasteiger partial charge in [-0.15, -0.1) is 11.3 Å². The Hall–Kier alpha value is -2.41. The molecular weight excluding hydrogens is 394 g/mol. The fourth-order valence-corrected chi connectivity index (χ4v) is 4.72. The highest BCUT2D eigenvalue weighted by Crippen LogP contribution is 2.19. The molecule has 0 spiro atoms. The van der Waals surface area contributed by atoms with Gasteiger partial charge in [0.05, 0.1) is 24.8 Å². The maximum absolute atomic E-state index is 12.9. The molecule has 4 rings (SSSR count). The van der Waals surface area contributed by atoms with Gasteiger partial charge in [0.1, 0.15) is 0 Å². The predicted octanol–water partition coefficient (Wildman–Crippen LogP) is 3.85. The van der Waals surface area contributed by atoms with Crippen LogP contribution in [-0.4, -0.2) is 47.7 Å². The number of ether oxygens (including phenoxy) is 1. The molecule has 1 unspecified atom stereocenters. The van der Waals surface area contributed by atoms with Crippen molar-refractivity contribution in [3.8, 4) is 0 Å². The lowest BCUT2D eigenvalue weighted by molar-refractivity contribution is -0.0292. The second-order valence-electron chi connectivity index (χ2n) is 7.87. The number of morpholine rings is 1. The molecule has 158 valence electrons. The van der Waals surface area contributed by atoms with Gasteiger partial charge in [0.25, 0.3) is 5.91 Å². The van der Waals surface area contributed by atoms with Crippen LogP contribution in [0.25, 0.3) is 0 Å². The third-order valence-corrected chi connectivity index (χ3v) is 6.54. The average molecular weight is 424 g/mol. The van der Waals surface area contributed by atoms with Crippen molar-refractivity contribution in [3.63, 3.8) is 0 Å². The summed E-state index contributed by atoms with van der Waals surface area (Å²) in [5.41, 5.74) is 4.17. The largest absolute Gasteiger partial charge is 0.374 e. The van der Waals surface area contributed by atoms with Crippen molar-refractivity contribution in [2.45, 2.75) is 33.0 Å². The van der Waals surface area contributed by atoms with Crippen LogP contribution >= 0.6 is 11.3 Å². The number of hydrogen-bond acceptors (Lipinski definition) is 4. The number of aromatic nitrogens is 1. The molecule has 1 aliphatic rings. The summed E-state index contributed by atoms with van der Waals surface area (Å²) < 4.78 is 8.11. The van der Waals surface area contributed by atoms with Gasteiger partial charge in [-0.2, -0.15) is 0 Å². The Kier molecular flexibility index (Phi) is 6.67. The molecule has 1 amide bonds. The third-order valence-electron chi connectivity index (χ3n) is 5.67. The Morgan fingerprint density at radius 3 is 2.77 bits per heavy atom. The smallest absolute Gasteiger partial charge is 0.253 e. The van der Waals surface area contributed by atoms with Gasteiger partial charge in [-0.25, -0.2) is 0 Å². The number of aryl methyl sites for hydroxylation is 1. The summed E-state index contributed by atoms with van der Waals surface area (Å²) in [6.07, 6.45) is 0.0148. The molecule has 5 nitrogen and oxygen atoms in total. The topological polar surface area (TPSA) is 46.5 Å². The summed E-state index contributed by atoms with van der Waals surface area (Å²) in [6, 6.07) is 16.7. The summed E-state index contributed by atoms with van der Waals surface area (Å²) in [6.45, 7) is 8.77. The first-order chi connectivity index (χ1) is 14.6. The molecule has 1 aromatic carbocycles. The van der Waals surface area contributed by atoms with Crippen molar-refractivity contribution in [2.75, 3.05) is 26.2 Å². The van der Waals surface area contributed by atoms with Crippen molar-refractivity contribution in [1.82, 2.24) is 14.8 Å². The molecule has 3 heterocycles. The summed E-state index contributed by atoms with van der Waals surface area (Å²) in [5, 5.41) is 5.18. The van der Waals surface area contributed by atoms with E-state index in [2.05, 4.69) is 63.5 Å². The molecule has 30 heavy (non-hydrogen) atoms. The van der Waals surface area contributed by atoms with Crippen LogP contribution in [0.5, 0.6) is 0 Å². The van der Waals surface area contributed by atoms with Crippen molar-refractivity contribution in [3.05, 3.63) is 81.3 Å². The third kappa shape index (κ3) is 5.01. The van der Waals surface area contributed by atoms with E-state index in [1.54, 1.807) is 11.3 Å². The van der Waals surface area contributed by atoms with Gasteiger partial charge in [-0.05, 0) is 36.9 Å². The lowest BCUT2D eigenvalue weighted by atomic mass is 10.2. The monoisotopic (exact) mass is 423 g/mol. The molecule has 0 bridgehead atoms. The second-order valence-corrected chi connectivity index (χ2v) is 8.91. The Labute approximate surface area is 182 Å². The fourth-order valence-electron chi connectivity index (χ4n) is 4.02. The highest BCUT2D eigenvalue weighted by atomic mass is 32.1. The number of hydrogen-bond donors (Lipinski definition) is 1. The Morgan fingerprint density at radius 1 is 1.17 bits per heavy atom. The number of thiophene rings is 1. The lowest BCUT2D eigenvalue weighted by Gasteiger charge is -2.33. The van der Waals surface area contributed by atoms with Crippen LogP contribution in [0.1, 0.15) is 32.2 Å². The van der Waals surface area contributed by atoms with E-state index in [4.69, 9.17) is 4.74 Å². The Balaban J connectivity index is 1.33. The quantitative estimate of drug-likeness (QED) is 0.628. The number of amides is 1. The second kappa shape index (κ2) is 9.60. The zero-order valence-electron chi connectivity index (χ0n) is 17.6. The summed E-state index contributed by atoms with van der Waals surface area (Å²) in [5.74, 6) is -0.0238. The maximum Gasteiger partial charge on any atom is 0.253 e.